The van der Waals surface area contributed by atoms with Crippen LogP contribution in [0.1, 0.15) is 65.9 Å². The van der Waals surface area contributed by atoms with E-state index in [9.17, 15) is 4.79 Å². The van der Waals surface area contributed by atoms with Crippen molar-refractivity contribution in [2.45, 2.75) is 60.3 Å². The van der Waals surface area contributed by atoms with Crippen molar-refractivity contribution in [3.05, 3.63) is 35.9 Å². The first kappa shape index (κ1) is 17.7. The summed E-state index contributed by atoms with van der Waals surface area (Å²) < 4.78 is 5.28. The highest BCUT2D eigenvalue weighted by Gasteiger charge is 2.45. The van der Waals surface area contributed by atoms with E-state index in [1.54, 1.807) is 0 Å². The third-order valence-corrected chi connectivity index (χ3v) is 5.00. The minimum atomic E-state index is -0.495. The molecule has 0 bridgehead atoms. The molecule has 118 valence electrons. The largest absolute Gasteiger partial charge is 0.466 e. The molecule has 2 nitrogen and oxygen atoms in total. The summed E-state index contributed by atoms with van der Waals surface area (Å²) >= 11 is 0. The van der Waals surface area contributed by atoms with Crippen LogP contribution in [-0.2, 0) is 9.53 Å². The van der Waals surface area contributed by atoms with Crippen LogP contribution in [0.3, 0.4) is 0 Å². The predicted molar refractivity (Wildman–Crippen MR) is 88.3 cm³/mol. The number of hydrogen-bond acceptors (Lipinski definition) is 2. The van der Waals surface area contributed by atoms with Gasteiger partial charge in [-0.1, -0.05) is 51.1 Å². The number of rotatable bonds is 7. The molecule has 0 fully saturated rings. The molecule has 0 radical (unpaired) electrons. The molecule has 0 aromatic heterocycles. The van der Waals surface area contributed by atoms with Crippen molar-refractivity contribution in [1.29, 1.82) is 0 Å². The minimum absolute atomic E-state index is 0.0992. The zero-order chi connectivity index (χ0) is 16.1. The Labute approximate surface area is 129 Å². The molecule has 0 amide bonds. The Bertz CT molecular complexity index is 446. The van der Waals surface area contributed by atoms with Gasteiger partial charge in [-0.25, -0.2) is 0 Å². The van der Waals surface area contributed by atoms with Crippen LogP contribution in [0.2, 0.25) is 0 Å². The molecule has 1 unspecified atom stereocenters. The summed E-state index contributed by atoms with van der Waals surface area (Å²) in [6.45, 7) is 12.9. The van der Waals surface area contributed by atoms with E-state index < -0.39 is 5.41 Å². The molecule has 0 saturated heterocycles. The lowest BCUT2D eigenvalue weighted by Gasteiger charge is -2.41. The zero-order valence-corrected chi connectivity index (χ0v) is 14.4. The normalized spacial score (nSPS) is 13.8. The molecule has 0 aliphatic carbocycles. The second kappa shape index (κ2) is 7.11. The molecule has 0 heterocycles. The molecular weight excluding hydrogens is 260 g/mol. The fourth-order valence-electron chi connectivity index (χ4n) is 2.68. The molecule has 0 N–H and O–H groups in total. The van der Waals surface area contributed by atoms with Crippen LogP contribution in [0.25, 0.3) is 0 Å². The Hall–Kier alpha value is -1.31. The first-order valence-electron chi connectivity index (χ1n) is 7.98. The van der Waals surface area contributed by atoms with E-state index >= 15 is 0 Å². The summed E-state index contributed by atoms with van der Waals surface area (Å²) in [6, 6.07) is 10.6. The number of hydrogen-bond donors (Lipinski definition) is 0. The van der Waals surface area contributed by atoms with Gasteiger partial charge in [-0.3, -0.25) is 4.79 Å². The van der Waals surface area contributed by atoms with Crippen LogP contribution in [0.4, 0.5) is 0 Å². The highest BCUT2D eigenvalue weighted by Crippen LogP contribution is 2.46. The van der Waals surface area contributed by atoms with Gasteiger partial charge in [0.2, 0.25) is 0 Å². The molecule has 1 rings (SSSR count). The Morgan fingerprint density at radius 1 is 1.10 bits per heavy atom. The lowest BCUT2D eigenvalue weighted by Crippen LogP contribution is -2.41. The Morgan fingerprint density at radius 3 is 2.14 bits per heavy atom. The van der Waals surface area contributed by atoms with E-state index in [0.717, 1.165) is 12.8 Å². The molecule has 0 aliphatic heterocycles. The molecule has 0 saturated carbocycles. The van der Waals surface area contributed by atoms with Crippen molar-refractivity contribution >= 4 is 5.97 Å². The summed E-state index contributed by atoms with van der Waals surface area (Å²) in [4.78, 5) is 12.3. The summed E-state index contributed by atoms with van der Waals surface area (Å²) in [5, 5.41) is 0. The van der Waals surface area contributed by atoms with Gasteiger partial charge in [-0.15, -0.1) is 0 Å². The van der Waals surface area contributed by atoms with Gasteiger partial charge >= 0.3 is 5.97 Å². The lowest BCUT2D eigenvalue weighted by molar-refractivity contribution is -0.161. The number of ether oxygens (including phenoxy) is 1. The molecule has 1 aromatic rings. The van der Waals surface area contributed by atoms with E-state index in [4.69, 9.17) is 4.74 Å². The standard InChI is InChI=1S/C19H30O2/c1-7-15(16-12-10-9-11-13-16)14-18(3,4)19(5,6)17(20)21-8-2/h9-13,15H,7-8,14H2,1-6H3. The Kier molecular flexibility index (Phi) is 6.00. The van der Waals surface area contributed by atoms with Gasteiger partial charge in [0.25, 0.3) is 0 Å². The van der Waals surface area contributed by atoms with Crippen LogP contribution in [-0.4, -0.2) is 12.6 Å². The van der Waals surface area contributed by atoms with E-state index in [1.165, 1.54) is 5.56 Å². The second-order valence-electron chi connectivity index (χ2n) is 6.95. The highest BCUT2D eigenvalue weighted by atomic mass is 16.5. The highest BCUT2D eigenvalue weighted by molar-refractivity contribution is 5.76. The van der Waals surface area contributed by atoms with Crippen molar-refractivity contribution in [3.8, 4) is 0 Å². The quantitative estimate of drug-likeness (QED) is 0.646. The fraction of sp³-hybridized carbons (Fsp3) is 0.632. The molecule has 2 heteroatoms. The van der Waals surface area contributed by atoms with Crippen molar-refractivity contribution in [3.63, 3.8) is 0 Å². The third kappa shape index (κ3) is 4.09. The lowest BCUT2D eigenvalue weighted by atomic mass is 9.63. The number of esters is 1. The average Bonchev–Trinajstić information content (AvgIpc) is 2.45. The molecule has 0 spiro atoms. The van der Waals surface area contributed by atoms with Crippen molar-refractivity contribution < 1.29 is 9.53 Å². The third-order valence-electron chi connectivity index (χ3n) is 5.00. The number of carbonyl (C=O) groups is 1. The van der Waals surface area contributed by atoms with Crippen LogP contribution in [0.15, 0.2) is 30.3 Å². The van der Waals surface area contributed by atoms with E-state index in [1.807, 2.05) is 26.8 Å². The average molecular weight is 290 g/mol. The zero-order valence-electron chi connectivity index (χ0n) is 14.4. The second-order valence-corrected chi connectivity index (χ2v) is 6.95. The van der Waals surface area contributed by atoms with Crippen molar-refractivity contribution in [2.75, 3.05) is 6.61 Å². The van der Waals surface area contributed by atoms with Crippen LogP contribution < -0.4 is 0 Å². The Balaban J connectivity index is 2.94. The van der Waals surface area contributed by atoms with E-state index in [2.05, 4.69) is 45.0 Å². The number of benzene rings is 1. The fourth-order valence-corrected chi connectivity index (χ4v) is 2.68. The topological polar surface area (TPSA) is 26.3 Å². The van der Waals surface area contributed by atoms with E-state index in [0.29, 0.717) is 12.5 Å². The summed E-state index contributed by atoms with van der Waals surface area (Å²) in [6.07, 6.45) is 2.05. The SMILES string of the molecule is CCOC(=O)C(C)(C)C(C)(C)CC(CC)c1ccccc1. The summed E-state index contributed by atoms with van der Waals surface area (Å²) in [5.41, 5.74) is 0.730. The molecule has 1 aromatic carbocycles. The summed E-state index contributed by atoms with van der Waals surface area (Å²) in [5.74, 6) is 0.368. The van der Waals surface area contributed by atoms with E-state index in [-0.39, 0.29) is 11.4 Å². The van der Waals surface area contributed by atoms with Gasteiger partial charge in [0, 0.05) is 0 Å². The van der Waals surface area contributed by atoms with Gasteiger partial charge in [-0.05, 0) is 50.5 Å². The van der Waals surface area contributed by atoms with Crippen molar-refractivity contribution in [1.82, 2.24) is 0 Å². The van der Waals surface area contributed by atoms with Gasteiger partial charge in [0.15, 0.2) is 0 Å². The van der Waals surface area contributed by atoms with Gasteiger partial charge in [0.05, 0.1) is 12.0 Å². The maximum absolute atomic E-state index is 12.3. The van der Waals surface area contributed by atoms with Crippen LogP contribution >= 0.6 is 0 Å². The minimum Gasteiger partial charge on any atom is -0.466 e. The molecule has 21 heavy (non-hydrogen) atoms. The van der Waals surface area contributed by atoms with Gasteiger partial charge < -0.3 is 4.74 Å². The first-order chi connectivity index (χ1) is 9.76. The first-order valence-corrected chi connectivity index (χ1v) is 7.98. The Morgan fingerprint density at radius 2 is 1.67 bits per heavy atom. The number of carbonyl (C=O) groups excluding carboxylic acids is 1. The van der Waals surface area contributed by atoms with Crippen LogP contribution in [0.5, 0.6) is 0 Å². The van der Waals surface area contributed by atoms with Crippen molar-refractivity contribution in [2.24, 2.45) is 10.8 Å². The monoisotopic (exact) mass is 290 g/mol. The van der Waals surface area contributed by atoms with Gasteiger partial charge in [-0.2, -0.15) is 0 Å². The summed E-state index contributed by atoms with van der Waals surface area (Å²) in [7, 11) is 0. The maximum atomic E-state index is 12.3. The van der Waals surface area contributed by atoms with Gasteiger partial charge in [0.1, 0.15) is 0 Å². The smallest absolute Gasteiger partial charge is 0.312 e. The maximum Gasteiger partial charge on any atom is 0.312 e. The molecule has 1 atom stereocenters. The molecular formula is C19H30O2. The van der Waals surface area contributed by atoms with Crippen LogP contribution in [0, 0.1) is 10.8 Å². The predicted octanol–water partition coefficient (Wildman–Crippen LogP) is 5.19. The molecule has 0 aliphatic rings.